The maximum atomic E-state index is 9.43. The van der Waals surface area contributed by atoms with Gasteiger partial charge in [-0.05, 0) is 66.2 Å². The first-order valence-electron chi connectivity index (χ1n) is 12.7. The van der Waals surface area contributed by atoms with Crippen LogP contribution in [0.1, 0.15) is 5.56 Å². The topological polar surface area (TPSA) is 36.7 Å². The smallest absolute Gasteiger partial charge is 0.101 e. The molecule has 0 radical (unpaired) electrons. The van der Waals surface area contributed by atoms with Crippen molar-refractivity contribution in [1.29, 1.82) is 5.26 Å². The number of nitriles is 1. The first-order valence-corrected chi connectivity index (χ1v) is 12.7. The molecule has 0 unspecified atom stereocenters. The van der Waals surface area contributed by atoms with Gasteiger partial charge in [0.2, 0.25) is 0 Å². The lowest BCUT2D eigenvalue weighted by Gasteiger charge is -2.19. The average Bonchev–Trinajstić information content (AvgIpc) is 3.00. The highest BCUT2D eigenvalue weighted by Gasteiger charge is 2.18. The van der Waals surface area contributed by atoms with Crippen LogP contribution in [0, 0.1) is 11.3 Å². The number of fused-ring (bicyclic) bond motifs is 3. The van der Waals surface area contributed by atoms with Crippen molar-refractivity contribution in [2.45, 2.75) is 0 Å². The van der Waals surface area contributed by atoms with E-state index in [1.807, 2.05) is 12.3 Å². The molecule has 0 saturated carbocycles. The van der Waals surface area contributed by atoms with Gasteiger partial charge in [0.1, 0.15) is 6.07 Å². The van der Waals surface area contributed by atoms with Crippen molar-refractivity contribution in [1.82, 2.24) is 4.98 Å². The number of hydrogen-bond acceptors (Lipinski definition) is 2. The summed E-state index contributed by atoms with van der Waals surface area (Å²) in [5.41, 5.74) is 7.49. The maximum Gasteiger partial charge on any atom is 0.101 e. The first kappa shape index (κ1) is 22.0. The number of benzene rings is 6. The maximum absolute atomic E-state index is 9.43. The summed E-state index contributed by atoms with van der Waals surface area (Å²) in [5.74, 6) is 0. The van der Waals surface area contributed by atoms with Gasteiger partial charge in [0.25, 0.3) is 0 Å². The number of pyridine rings is 1. The van der Waals surface area contributed by atoms with Crippen molar-refractivity contribution in [3.63, 3.8) is 0 Å². The van der Waals surface area contributed by atoms with Gasteiger partial charge < -0.3 is 0 Å². The van der Waals surface area contributed by atoms with Crippen molar-refractivity contribution >= 4 is 32.3 Å². The molecule has 6 aromatic carbocycles. The molecule has 0 amide bonds. The van der Waals surface area contributed by atoms with Crippen LogP contribution in [0.2, 0.25) is 0 Å². The Balaban J connectivity index is 1.60. The van der Waals surface area contributed by atoms with E-state index in [1.54, 1.807) is 6.20 Å². The van der Waals surface area contributed by atoms with Gasteiger partial charge in [0, 0.05) is 18.0 Å². The molecule has 1 aromatic heterocycles. The standard InChI is InChI=1S/C36H22N2/c37-21-24-20-26(23-38-22-24)27-18-19-34(29-13-5-4-12-28(27)29)36-32-16-8-6-14-30(32)35(25-10-2-1-3-11-25)31-15-7-9-17-33(31)36/h1-20,22-23H. The summed E-state index contributed by atoms with van der Waals surface area (Å²) in [5, 5.41) is 16.7. The van der Waals surface area contributed by atoms with E-state index in [-0.39, 0.29) is 0 Å². The van der Waals surface area contributed by atoms with E-state index >= 15 is 0 Å². The molecule has 0 aliphatic carbocycles. The number of aromatic nitrogens is 1. The van der Waals surface area contributed by atoms with Crippen LogP contribution < -0.4 is 0 Å². The highest BCUT2D eigenvalue weighted by atomic mass is 14.6. The SMILES string of the molecule is N#Cc1cncc(-c2ccc(-c3c4ccccc4c(-c4ccccc4)c4ccccc34)c3ccccc23)c1. The minimum atomic E-state index is 0.559. The van der Waals surface area contributed by atoms with E-state index in [9.17, 15) is 5.26 Å². The summed E-state index contributed by atoms with van der Waals surface area (Å²) < 4.78 is 0. The molecule has 0 aliphatic heterocycles. The normalized spacial score (nSPS) is 11.1. The third-order valence-electron chi connectivity index (χ3n) is 7.37. The van der Waals surface area contributed by atoms with Crippen molar-refractivity contribution in [3.8, 4) is 39.4 Å². The average molecular weight is 483 g/mol. The molecule has 0 fully saturated rings. The number of rotatable bonds is 3. The fourth-order valence-electron chi connectivity index (χ4n) is 5.75. The second-order valence-corrected chi connectivity index (χ2v) is 9.49. The minimum absolute atomic E-state index is 0.559. The molecule has 38 heavy (non-hydrogen) atoms. The fourth-order valence-corrected chi connectivity index (χ4v) is 5.75. The molecule has 176 valence electrons. The predicted molar refractivity (Wildman–Crippen MR) is 158 cm³/mol. The second-order valence-electron chi connectivity index (χ2n) is 9.49. The Morgan fingerprint density at radius 2 is 0.947 bits per heavy atom. The Kier molecular flexibility index (Phi) is 5.20. The third-order valence-corrected chi connectivity index (χ3v) is 7.37. The summed E-state index contributed by atoms with van der Waals surface area (Å²) in [4.78, 5) is 4.32. The van der Waals surface area contributed by atoms with E-state index in [4.69, 9.17) is 0 Å². The van der Waals surface area contributed by atoms with Crippen molar-refractivity contribution in [2.75, 3.05) is 0 Å². The Labute approximate surface area is 221 Å². The highest BCUT2D eigenvalue weighted by molar-refractivity contribution is 6.24. The van der Waals surface area contributed by atoms with Crippen molar-refractivity contribution in [3.05, 3.63) is 139 Å². The summed E-state index contributed by atoms with van der Waals surface area (Å²) in [6, 6.07) is 45.2. The molecule has 2 heteroatoms. The Bertz CT molecular complexity index is 1970. The largest absolute Gasteiger partial charge is 0.263 e. The minimum Gasteiger partial charge on any atom is -0.263 e. The van der Waals surface area contributed by atoms with E-state index in [0.717, 1.165) is 16.5 Å². The van der Waals surface area contributed by atoms with Gasteiger partial charge in [0.15, 0.2) is 0 Å². The molecule has 0 N–H and O–H groups in total. The van der Waals surface area contributed by atoms with Gasteiger partial charge in [-0.1, -0.05) is 115 Å². The lowest BCUT2D eigenvalue weighted by atomic mass is 9.84. The van der Waals surface area contributed by atoms with E-state index < -0.39 is 0 Å². The molecule has 0 bridgehead atoms. The zero-order valence-corrected chi connectivity index (χ0v) is 20.6. The third kappa shape index (κ3) is 3.45. The Hall–Kier alpha value is -5.26. The molecule has 0 saturated heterocycles. The fraction of sp³-hybridized carbons (Fsp3) is 0. The van der Waals surface area contributed by atoms with Crippen molar-refractivity contribution in [2.24, 2.45) is 0 Å². The zero-order valence-electron chi connectivity index (χ0n) is 20.6. The van der Waals surface area contributed by atoms with Crippen LogP contribution in [0.25, 0.3) is 65.7 Å². The van der Waals surface area contributed by atoms with Crippen LogP contribution in [0.15, 0.2) is 134 Å². The van der Waals surface area contributed by atoms with Crippen LogP contribution in [0.4, 0.5) is 0 Å². The summed E-state index contributed by atoms with van der Waals surface area (Å²) in [6.45, 7) is 0. The zero-order chi connectivity index (χ0) is 25.5. The summed E-state index contributed by atoms with van der Waals surface area (Å²) in [7, 11) is 0. The van der Waals surface area contributed by atoms with Gasteiger partial charge in [-0.15, -0.1) is 0 Å². The van der Waals surface area contributed by atoms with Crippen molar-refractivity contribution < 1.29 is 0 Å². The number of hydrogen-bond donors (Lipinski definition) is 0. The monoisotopic (exact) mass is 482 g/mol. The van der Waals surface area contributed by atoms with Crippen LogP contribution in [-0.4, -0.2) is 4.98 Å². The molecule has 7 aromatic rings. The van der Waals surface area contributed by atoms with E-state index in [1.165, 1.54) is 49.2 Å². The molecular weight excluding hydrogens is 460 g/mol. The summed E-state index contributed by atoms with van der Waals surface area (Å²) >= 11 is 0. The quantitative estimate of drug-likeness (QED) is 0.235. The molecule has 0 spiro atoms. The van der Waals surface area contributed by atoms with Gasteiger partial charge in [0.05, 0.1) is 5.56 Å². The first-order chi connectivity index (χ1) is 18.8. The van der Waals surface area contributed by atoms with Gasteiger partial charge >= 0.3 is 0 Å². The lowest BCUT2D eigenvalue weighted by Crippen LogP contribution is -1.92. The van der Waals surface area contributed by atoms with Gasteiger partial charge in [-0.3, -0.25) is 4.98 Å². The predicted octanol–water partition coefficient (Wildman–Crippen LogP) is 9.41. The summed E-state index contributed by atoms with van der Waals surface area (Å²) in [6.07, 6.45) is 3.44. The van der Waals surface area contributed by atoms with Crippen LogP contribution in [-0.2, 0) is 0 Å². The molecular formula is C36H22N2. The highest BCUT2D eigenvalue weighted by Crippen LogP contribution is 2.46. The van der Waals surface area contributed by atoms with E-state index in [0.29, 0.717) is 5.56 Å². The van der Waals surface area contributed by atoms with Gasteiger partial charge in [-0.2, -0.15) is 5.26 Å². The second kappa shape index (κ2) is 9.00. The lowest BCUT2D eigenvalue weighted by molar-refractivity contribution is 1.30. The van der Waals surface area contributed by atoms with E-state index in [2.05, 4.69) is 126 Å². The molecule has 0 atom stereocenters. The molecule has 0 aliphatic rings. The Morgan fingerprint density at radius 1 is 0.447 bits per heavy atom. The molecule has 7 rings (SSSR count). The Morgan fingerprint density at radius 3 is 1.55 bits per heavy atom. The number of nitrogens with zero attached hydrogens (tertiary/aromatic N) is 2. The molecule has 1 heterocycles. The molecule has 2 nitrogen and oxygen atoms in total. The van der Waals surface area contributed by atoms with Crippen LogP contribution in [0.5, 0.6) is 0 Å². The van der Waals surface area contributed by atoms with Crippen LogP contribution >= 0.6 is 0 Å². The van der Waals surface area contributed by atoms with Gasteiger partial charge in [-0.25, -0.2) is 0 Å². The van der Waals surface area contributed by atoms with Crippen LogP contribution in [0.3, 0.4) is 0 Å².